The summed E-state index contributed by atoms with van der Waals surface area (Å²) in [6, 6.07) is 14.0. The van der Waals surface area contributed by atoms with Crippen LogP contribution in [0.1, 0.15) is 17.7 Å². The Morgan fingerprint density at radius 2 is 1.79 bits per heavy atom. The summed E-state index contributed by atoms with van der Waals surface area (Å²) in [5.41, 5.74) is 1.05. The molecule has 0 saturated carbocycles. The zero-order valence-electron chi connectivity index (χ0n) is 15.4. The summed E-state index contributed by atoms with van der Waals surface area (Å²) >= 11 is 6.24. The molecule has 3 aromatic rings. The van der Waals surface area contributed by atoms with Gasteiger partial charge in [0, 0.05) is 11.8 Å². The molecule has 0 aliphatic carbocycles. The van der Waals surface area contributed by atoms with E-state index in [1.165, 1.54) is 25.1 Å². The molecular weight excluding hydrogens is 408 g/mol. The van der Waals surface area contributed by atoms with Crippen molar-refractivity contribution in [3.05, 3.63) is 71.7 Å². The Morgan fingerprint density at radius 1 is 1.10 bits per heavy atom. The molecule has 29 heavy (non-hydrogen) atoms. The van der Waals surface area contributed by atoms with Crippen LogP contribution in [0.4, 0.5) is 23.2 Å². The normalized spacial score (nSPS) is 13.9. The zero-order chi connectivity index (χ0) is 21.2. The molecule has 1 atom stereocenters. The Hall–Kier alpha value is -2.67. The second-order valence-corrected chi connectivity index (χ2v) is 7.53. The number of alkyl halides is 4. The highest BCUT2D eigenvalue weighted by molar-refractivity contribution is 6.36. The van der Waals surface area contributed by atoms with Crippen molar-refractivity contribution in [2.45, 2.75) is 30.8 Å². The van der Waals surface area contributed by atoms with Gasteiger partial charge < -0.3 is 5.32 Å². The number of halogens is 5. The molecule has 8 heteroatoms. The van der Waals surface area contributed by atoms with Crippen LogP contribution >= 0.6 is 11.6 Å². The van der Waals surface area contributed by atoms with Gasteiger partial charge in [-0.05, 0) is 24.6 Å². The van der Waals surface area contributed by atoms with Crippen molar-refractivity contribution in [3.8, 4) is 0 Å². The van der Waals surface area contributed by atoms with Gasteiger partial charge in [-0.15, -0.1) is 11.6 Å². The first-order valence-electron chi connectivity index (χ1n) is 8.74. The van der Waals surface area contributed by atoms with Crippen LogP contribution in [0.15, 0.2) is 54.6 Å². The van der Waals surface area contributed by atoms with Crippen molar-refractivity contribution >= 4 is 34.1 Å². The Kier molecular flexibility index (Phi) is 5.80. The lowest BCUT2D eigenvalue weighted by Gasteiger charge is -2.27. The maximum atomic E-state index is 13.9. The molecule has 2 aromatic carbocycles. The van der Waals surface area contributed by atoms with Gasteiger partial charge in [0.1, 0.15) is 16.2 Å². The van der Waals surface area contributed by atoms with Crippen LogP contribution in [0, 0.1) is 12.7 Å². The van der Waals surface area contributed by atoms with Gasteiger partial charge in [0.25, 0.3) is 0 Å². The average molecular weight is 425 g/mol. The molecular formula is C21H17ClF4N2O. The number of carbonyl (C=O) groups is 1. The molecule has 152 valence electrons. The van der Waals surface area contributed by atoms with E-state index in [0.29, 0.717) is 10.9 Å². The third kappa shape index (κ3) is 5.03. The number of aryl methyl sites for hydroxylation is 1. The number of nitrogens with zero attached hydrogens (tertiary/aromatic N) is 1. The SMILES string of the molecule is Cc1nc2c(F)cccc2cc1NC(=O)C(Cl)(Cc1ccccc1)CC(F)(F)F. The van der Waals surface area contributed by atoms with Crippen LogP contribution < -0.4 is 5.32 Å². The highest BCUT2D eigenvalue weighted by atomic mass is 35.5. The number of hydrogen-bond donors (Lipinski definition) is 1. The van der Waals surface area contributed by atoms with Crippen molar-refractivity contribution in [2.24, 2.45) is 0 Å². The molecule has 3 rings (SSSR count). The van der Waals surface area contributed by atoms with Crippen molar-refractivity contribution in [1.29, 1.82) is 0 Å². The minimum atomic E-state index is -4.65. The van der Waals surface area contributed by atoms with Gasteiger partial charge in [-0.3, -0.25) is 4.79 Å². The van der Waals surface area contributed by atoms with Crippen LogP contribution in [-0.4, -0.2) is 21.9 Å². The topological polar surface area (TPSA) is 42.0 Å². The summed E-state index contributed by atoms with van der Waals surface area (Å²) in [4.78, 5) is 14.7. The van der Waals surface area contributed by atoms with E-state index in [1.807, 2.05) is 0 Å². The van der Waals surface area contributed by atoms with E-state index in [-0.39, 0.29) is 23.3 Å². The first-order valence-corrected chi connectivity index (χ1v) is 9.12. The van der Waals surface area contributed by atoms with Crippen molar-refractivity contribution in [1.82, 2.24) is 4.98 Å². The van der Waals surface area contributed by atoms with Gasteiger partial charge in [0.05, 0.1) is 17.8 Å². The molecule has 1 unspecified atom stereocenters. The second-order valence-electron chi connectivity index (χ2n) is 6.81. The van der Waals surface area contributed by atoms with E-state index in [0.717, 1.165) is 0 Å². The third-order valence-electron chi connectivity index (χ3n) is 4.45. The van der Waals surface area contributed by atoms with Crippen LogP contribution in [-0.2, 0) is 11.2 Å². The lowest BCUT2D eigenvalue weighted by atomic mass is 9.93. The first-order chi connectivity index (χ1) is 13.6. The lowest BCUT2D eigenvalue weighted by molar-refractivity contribution is -0.148. The van der Waals surface area contributed by atoms with E-state index >= 15 is 0 Å². The number of fused-ring (bicyclic) bond motifs is 1. The Labute approximate surface area is 169 Å². The van der Waals surface area contributed by atoms with Gasteiger partial charge in [0.15, 0.2) is 0 Å². The maximum Gasteiger partial charge on any atom is 0.391 e. The van der Waals surface area contributed by atoms with Gasteiger partial charge >= 0.3 is 6.18 Å². The number of pyridine rings is 1. The summed E-state index contributed by atoms with van der Waals surface area (Å²) < 4.78 is 53.4. The van der Waals surface area contributed by atoms with Crippen LogP contribution in [0.5, 0.6) is 0 Å². The molecule has 1 N–H and O–H groups in total. The molecule has 0 aliphatic heterocycles. The monoisotopic (exact) mass is 424 g/mol. The Morgan fingerprint density at radius 3 is 2.45 bits per heavy atom. The minimum Gasteiger partial charge on any atom is -0.323 e. The summed E-state index contributed by atoms with van der Waals surface area (Å²) in [7, 11) is 0. The molecule has 0 aliphatic rings. The second kappa shape index (κ2) is 7.99. The molecule has 1 heterocycles. The van der Waals surface area contributed by atoms with Crippen LogP contribution in [0.25, 0.3) is 10.9 Å². The van der Waals surface area contributed by atoms with E-state index in [4.69, 9.17) is 11.6 Å². The molecule has 0 spiro atoms. The number of hydrogen-bond acceptors (Lipinski definition) is 2. The first kappa shape index (κ1) is 21.0. The van der Waals surface area contributed by atoms with Gasteiger partial charge in [-0.2, -0.15) is 13.2 Å². The molecule has 0 radical (unpaired) electrons. The van der Waals surface area contributed by atoms with Gasteiger partial charge in [-0.25, -0.2) is 9.37 Å². The smallest absolute Gasteiger partial charge is 0.323 e. The van der Waals surface area contributed by atoms with Crippen molar-refractivity contribution in [2.75, 3.05) is 5.32 Å². The summed E-state index contributed by atoms with van der Waals surface area (Å²) in [6.07, 6.45) is -6.46. The van der Waals surface area contributed by atoms with E-state index < -0.39 is 29.2 Å². The number of benzene rings is 2. The number of nitrogens with one attached hydrogen (secondary N) is 1. The number of anilines is 1. The average Bonchev–Trinajstić information content (AvgIpc) is 2.62. The molecule has 0 fully saturated rings. The Balaban J connectivity index is 1.94. The third-order valence-corrected chi connectivity index (χ3v) is 4.89. The number of rotatable bonds is 5. The van der Waals surface area contributed by atoms with E-state index in [9.17, 15) is 22.4 Å². The number of carbonyl (C=O) groups excluding carboxylic acids is 1. The fraction of sp³-hybridized carbons (Fsp3) is 0.238. The van der Waals surface area contributed by atoms with Crippen LogP contribution in [0.3, 0.4) is 0 Å². The number of amides is 1. The molecule has 0 saturated heterocycles. The molecule has 1 aromatic heterocycles. The molecule has 3 nitrogen and oxygen atoms in total. The fourth-order valence-electron chi connectivity index (χ4n) is 3.08. The molecule has 1 amide bonds. The molecule has 0 bridgehead atoms. The van der Waals surface area contributed by atoms with Crippen LogP contribution in [0.2, 0.25) is 0 Å². The quantitative estimate of drug-likeness (QED) is 0.416. The maximum absolute atomic E-state index is 13.9. The highest BCUT2D eigenvalue weighted by Crippen LogP contribution is 2.36. The highest BCUT2D eigenvalue weighted by Gasteiger charge is 2.46. The summed E-state index contributed by atoms with van der Waals surface area (Å²) in [6.45, 7) is 1.53. The summed E-state index contributed by atoms with van der Waals surface area (Å²) in [5.74, 6) is -1.53. The Bertz CT molecular complexity index is 1040. The van der Waals surface area contributed by atoms with E-state index in [1.54, 1.807) is 36.4 Å². The van der Waals surface area contributed by atoms with Gasteiger partial charge in [-0.1, -0.05) is 42.5 Å². The van der Waals surface area contributed by atoms with Crippen molar-refractivity contribution < 1.29 is 22.4 Å². The number of para-hydroxylation sites is 1. The predicted molar refractivity (Wildman–Crippen MR) is 104 cm³/mol. The lowest BCUT2D eigenvalue weighted by Crippen LogP contribution is -2.43. The zero-order valence-corrected chi connectivity index (χ0v) is 16.1. The van der Waals surface area contributed by atoms with Crippen molar-refractivity contribution in [3.63, 3.8) is 0 Å². The minimum absolute atomic E-state index is 0.111. The van der Waals surface area contributed by atoms with Gasteiger partial charge in [0.2, 0.25) is 5.91 Å². The predicted octanol–water partition coefficient (Wildman–Crippen LogP) is 5.79. The summed E-state index contributed by atoms with van der Waals surface area (Å²) in [5, 5.41) is 2.86. The number of aromatic nitrogens is 1. The standard InChI is InChI=1S/C21H17ClF4N2O/c1-13-17(10-15-8-5-9-16(23)18(15)27-13)28-19(29)20(22,12-21(24,25)26)11-14-6-3-2-4-7-14/h2-10H,11-12H2,1H3,(H,28,29). The van der Waals surface area contributed by atoms with E-state index in [2.05, 4.69) is 10.3 Å². The largest absolute Gasteiger partial charge is 0.391 e. The fourth-order valence-corrected chi connectivity index (χ4v) is 3.43.